The van der Waals surface area contributed by atoms with Crippen molar-refractivity contribution in [3.8, 4) is 0 Å². The number of rotatable bonds is 3. The van der Waals surface area contributed by atoms with Crippen LogP contribution < -0.4 is 10.2 Å². The first-order chi connectivity index (χ1) is 12.6. The Morgan fingerprint density at radius 2 is 2.04 bits per heavy atom. The molecule has 1 aliphatic heterocycles. The van der Waals surface area contributed by atoms with Crippen LogP contribution in [0.15, 0.2) is 29.6 Å². The molecule has 0 spiro atoms. The van der Waals surface area contributed by atoms with E-state index in [2.05, 4.69) is 36.2 Å². The smallest absolute Gasteiger partial charge is 0.317 e. The molecule has 0 radical (unpaired) electrons. The lowest BCUT2D eigenvalue weighted by molar-refractivity contribution is 0.194. The van der Waals surface area contributed by atoms with Gasteiger partial charge in [-0.2, -0.15) is 0 Å². The van der Waals surface area contributed by atoms with Gasteiger partial charge in [-0.05, 0) is 42.5 Å². The summed E-state index contributed by atoms with van der Waals surface area (Å²) in [7, 11) is 0. The molecule has 136 valence electrons. The van der Waals surface area contributed by atoms with Crippen molar-refractivity contribution in [3.63, 3.8) is 0 Å². The molecule has 3 heterocycles. The van der Waals surface area contributed by atoms with Crippen molar-refractivity contribution >= 4 is 44.1 Å². The molecule has 2 amide bonds. The van der Waals surface area contributed by atoms with E-state index in [0.29, 0.717) is 6.54 Å². The molecular formula is C19H22N4OS2. The molecule has 0 atom stereocenters. The number of hydrogen-bond donors (Lipinski definition) is 1. The summed E-state index contributed by atoms with van der Waals surface area (Å²) in [4.78, 5) is 22.6. The van der Waals surface area contributed by atoms with Gasteiger partial charge in [0.25, 0.3) is 0 Å². The first-order valence-corrected chi connectivity index (χ1v) is 10.5. The van der Waals surface area contributed by atoms with E-state index in [4.69, 9.17) is 4.98 Å². The number of amides is 2. The molecule has 4 rings (SSSR count). The van der Waals surface area contributed by atoms with Crippen LogP contribution in [0.2, 0.25) is 0 Å². The lowest BCUT2D eigenvalue weighted by Crippen LogP contribution is -2.51. The summed E-state index contributed by atoms with van der Waals surface area (Å²) in [5, 5.41) is 6.10. The van der Waals surface area contributed by atoms with E-state index in [1.807, 2.05) is 22.4 Å². The fourth-order valence-corrected chi connectivity index (χ4v) is 5.12. The zero-order valence-electron chi connectivity index (χ0n) is 15.0. The second-order valence-corrected chi connectivity index (χ2v) is 8.68. The first kappa shape index (κ1) is 17.3. The molecule has 1 N–H and O–H groups in total. The van der Waals surface area contributed by atoms with Gasteiger partial charge in [-0.3, -0.25) is 0 Å². The van der Waals surface area contributed by atoms with E-state index in [-0.39, 0.29) is 6.03 Å². The van der Waals surface area contributed by atoms with Gasteiger partial charge < -0.3 is 15.1 Å². The Balaban J connectivity index is 1.37. The molecule has 5 nitrogen and oxygen atoms in total. The summed E-state index contributed by atoms with van der Waals surface area (Å²) >= 11 is 3.41. The van der Waals surface area contributed by atoms with Gasteiger partial charge in [-0.25, -0.2) is 9.78 Å². The van der Waals surface area contributed by atoms with Crippen LogP contribution in [0, 0.1) is 13.8 Å². The lowest BCUT2D eigenvalue weighted by atomic mass is 10.1. The van der Waals surface area contributed by atoms with Gasteiger partial charge in [0, 0.05) is 31.1 Å². The Bertz CT molecular complexity index is 911. The van der Waals surface area contributed by atoms with Crippen molar-refractivity contribution in [2.45, 2.75) is 20.4 Å². The minimum absolute atomic E-state index is 0.0221. The van der Waals surface area contributed by atoms with Gasteiger partial charge in [0.15, 0.2) is 5.13 Å². The maximum absolute atomic E-state index is 12.3. The number of hydrogen-bond acceptors (Lipinski definition) is 5. The number of aromatic nitrogens is 1. The highest BCUT2D eigenvalue weighted by Gasteiger charge is 2.23. The third kappa shape index (κ3) is 3.54. The second-order valence-electron chi connectivity index (χ2n) is 6.64. The molecule has 26 heavy (non-hydrogen) atoms. The number of thiophene rings is 1. The van der Waals surface area contributed by atoms with E-state index in [1.165, 1.54) is 20.7 Å². The van der Waals surface area contributed by atoms with Crippen LogP contribution >= 0.6 is 22.7 Å². The molecule has 7 heteroatoms. The number of nitrogens with zero attached hydrogens (tertiary/aromatic N) is 3. The summed E-state index contributed by atoms with van der Waals surface area (Å²) < 4.78 is 1.24. The number of aryl methyl sites for hydroxylation is 2. The molecule has 0 unspecified atom stereocenters. The number of carbonyl (C=O) groups excluding carboxylic acids is 1. The fraction of sp³-hybridized carbons (Fsp3) is 0.368. The SMILES string of the molecule is Cc1cc(C)c2nc(N3CCN(C(=O)NCc4cccs4)CC3)sc2c1. The highest BCUT2D eigenvalue weighted by Crippen LogP contribution is 2.32. The van der Waals surface area contributed by atoms with Crippen molar-refractivity contribution in [1.82, 2.24) is 15.2 Å². The van der Waals surface area contributed by atoms with Gasteiger partial charge in [0.1, 0.15) is 0 Å². The summed E-state index contributed by atoms with van der Waals surface area (Å²) in [5.41, 5.74) is 3.61. The highest BCUT2D eigenvalue weighted by molar-refractivity contribution is 7.22. The predicted molar refractivity (Wildman–Crippen MR) is 109 cm³/mol. The van der Waals surface area contributed by atoms with E-state index >= 15 is 0 Å². The average Bonchev–Trinajstić information content (AvgIpc) is 3.29. The summed E-state index contributed by atoms with van der Waals surface area (Å²) in [6.07, 6.45) is 0. The normalized spacial score (nSPS) is 14.8. The number of carbonyl (C=O) groups is 1. The number of anilines is 1. The molecule has 1 fully saturated rings. The number of nitrogens with one attached hydrogen (secondary N) is 1. The summed E-state index contributed by atoms with van der Waals surface area (Å²) in [5.74, 6) is 0. The third-order valence-electron chi connectivity index (χ3n) is 4.65. The van der Waals surface area contributed by atoms with Crippen molar-refractivity contribution in [3.05, 3.63) is 45.6 Å². The Kier molecular flexibility index (Phi) is 4.82. The van der Waals surface area contributed by atoms with Crippen LogP contribution in [0.1, 0.15) is 16.0 Å². The molecular weight excluding hydrogens is 364 g/mol. The number of thiazole rings is 1. The van der Waals surface area contributed by atoms with Crippen molar-refractivity contribution in [1.29, 1.82) is 0 Å². The minimum atomic E-state index is 0.0221. The van der Waals surface area contributed by atoms with E-state index in [9.17, 15) is 4.79 Å². The van der Waals surface area contributed by atoms with Crippen LogP contribution in [-0.4, -0.2) is 42.1 Å². The van der Waals surface area contributed by atoms with Crippen molar-refractivity contribution in [2.24, 2.45) is 0 Å². The highest BCUT2D eigenvalue weighted by atomic mass is 32.1. The molecule has 3 aromatic rings. The second kappa shape index (κ2) is 7.25. The molecule has 1 aromatic carbocycles. The Morgan fingerprint density at radius 3 is 2.77 bits per heavy atom. The van der Waals surface area contributed by atoms with E-state index < -0.39 is 0 Å². The van der Waals surface area contributed by atoms with Gasteiger partial charge in [-0.1, -0.05) is 23.5 Å². The molecule has 1 saturated heterocycles. The van der Waals surface area contributed by atoms with Crippen LogP contribution in [-0.2, 0) is 6.54 Å². The van der Waals surface area contributed by atoms with Crippen molar-refractivity contribution < 1.29 is 4.79 Å². The number of urea groups is 1. The Hall–Kier alpha value is -2.12. The predicted octanol–water partition coefficient (Wildman–Crippen LogP) is 4.01. The Morgan fingerprint density at radius 1 is 1.23 bits per heavy atom. The molecule has 0 aliphatic carbocycles. The fourth-order valence-electron chi connectivity index (χ4n) is 3.28. The maximum atomic E-state index is 12.3. The number of fused-ring (bicyclic) bond motifs is 1. The van der Waals surface area contributed by atoms with Crippen LogP contribution in [0.4, 0.5) is 9.93 Å². The standard InChI is InChI=1S/C19H22N4OS2/c1-13-10-14(2)17-16(11-13)26-19(21-17)23-7-5-22(6-8-23)18(24)20-12-15-4-3-9-25-15/h3-4,9-11H,5-8,12H2,1-2H3,(H,20,24). The van der Waals surface area contributed by atoms with Crippen LogP contribution in [0.5, 0.6) is 0 Å². The maximum Gasteiger partial charge on any atom is 0.317 e. The van der Waals surface area contributed by atoms with Gasteiger partial charge in [-0.15, -0.1) is 11.3 Å². The molecule has 2 aromatic heterocycles. The Labute approximate surface area is 161 Å². The van der Waals surface area contributed by atoms with Crippen LogP contribution in [0.3, 0.4) is 0 Å². The molecule has 0 bridgehead atoms. The summed E-state index contributed by atoms with van der Waals surface area (Å²) in [6, 6.07) is 8.46. The molecule has 1 aliphatic rings. The van der Waals surface area contributed by atoms with Crippen molar-refractivity contribution in [2.75, 3.05) is 31.1 Å². The lowest BCUT2D eigenvalue weighted by Gasteiger charge is -2.34. The number of piperazine rings is 1. The topological polar surface area (TPSA) is 48.5 Å². The zero-order chi connectivity index (χ0) is 18.1. The first-order valence-electron chi connectivity index (χ1n) is 8.78. The van der Waals surface area contributed by atoms with Gasteiger partial charge in [0.2, 0.25) is 0 Å². The number of benzene rings is 1. The molecule has 0 saturated carbocycles. The largest absolute Gasteiger partial charge is 0.345 e. The quantitative estimate of drug-likeness (QED) is 0.740. The van der Waals surface area contributed by atoms with Crippen LogP contribution in [0.25, 0.3) is 10.2 Å². The third-order valence-corrected chi connectivity index (χ3v) is 6.59. The van der Waals surface area contributed by atoms with Gasteiger partial charge >= 0.3 is 6.03 Å². The van der Waals surface area contributed by atoms with E-state index in [0.717, 1.165) is 36.8 Å². The van der Waals surface area contributed by atoms with E-state index in [1.54, 1.807) is 22.7 Å². The minimum Gasteiger partial charge on any atom is -0.345 e. The summed E-state index contributed by atoms with van der Waals surface area (Å²) in [6.45, 7) is 7.95. The zero-order valence-corrected chi connectivity index (χ0v) is 16.6. The average molecular weight is 387 g/mol. The van der Waals surface area contributed by atoms with Gasteiger partial charge in [0.05, 0.1) is 16.8 Å². The monoisotopic (exact) mass is 386 g/mol.